The standard InChI is InChI=1S/C6H3BF3N.C6H14O2/c7-4-1-2-11-5(3-4)6(8,9)10;1-5(2,7)6(3,4)8/h1-3H;7-8H,1-4H3. The summed E-state index contributed by atoms with van der Waals surface area (Å²) in [6.07, 6.45) is -3.38. The fourth-order valence-corrected chi connectivity index (χ4v) is 0.602. The van der Waals surface area contributed by atoms with Gasteiger partial charge in [0.2, 0.25) is 0 Å². The highest BCUT2D eigenvalue weighted by Crippen LogP contribution is 2.26. The zero-order valence-corrected chi connectivity index (χ0v) is 11.3. The third-order valence-electron chi connectivity index (χ3n) is 2.57. The predicted molar refractivity (Wildman–Crippen MR) is 67.2 cm³/mol. The van der Waals surface area contributed by atoms with Crippen LogP contribution in [-0.4, -0.2) is 34.2 Å². The normalized spacial score (nSPS) is 12.7. The van der Waals surface area contributed by atoms with Gasteiger partial charge in [0.05, 0.1) is 11.2 Å². The molecule has 1 aromatic heterocycles. The number of rotatable bonds is 1. The Morgan fingerprint density at radius 1 is 1.05 bits per heavy atom. The number of hydrogen-bond acceptors (Lipinski definition) is 3. The maximum absolute atomic E-state index is 11.8. The maximum atomic E-state index is 11.8. The van der Waals surface area contributed by atoms with Gasteiger partial charge in [0, 0.05) is 6.20 Å². The number of aromatic nitrogens is 1. The number of alkyl halides is 3. The second-order valence-corrected chi connectivity index (χ2v) is 5.09. The molecule has 0 bridgehead atoms. The van der Waals surface area contributed by atoms with Crippen molar-refractivity contribution in [2.75, 3.05) is 0 Å². The molecule has 0 amide bonds. The molecule has 106 valence electrons. The van der Waals surface area contributed by atoms with Crippen LogP contribution in [0.4, 0.5) is 13.2 Å². The van der Waals surface area contributed by atoms with Crippen molar-refractivity contribution in [3.63, 3.8) is 0 Å². The molecule has 1 rings (SSSR count). The van der Waals surface area contributed by atoms with E-state index in [1.807, 2.05) is 0 Å². The molecule has 0 aliphatic carbocycles. The molecule has 1 aromatic rings. The summed E-state index contributed by atoms with van der Waals surface area (Å²) in [5.41, 5.74) is -2.91. The highest BCUT2D eigenvalue weighted by atomic mass is 19.4. The van der Waals surface area contributed by atoms with Crippen molar-refractivity contribution in [2.24, 2.45) is 0 Å². The highest BCUT2D eigenvalue weighted by Gasteiger charge is 2.32. The third-order valence-corrected chi connectivity index (χ3v) is 2.57. The number of nitrogens with zero attached hydrogens (tertiary/aromatic N) is 1. The van der Waals surface area contributed by atoms with Gasteiger partial charge in [0.25, 0.3) is 0 Å². The minimum Gasteiger partial charge on any atom is -0.387 e. The molecule has 2 radical (unpaired) electrons. The Morgan fingerprint density at radius 2 is 1.47 bits per heavy atom. The van der Waals surface area contributed by atoms with Gasteiger partial charge in [-0.15, -0.1) is 0 Å². The smallest absolute Gasteiger partial charge is 0.387 e. The van der Waals surface area contributed by atoms with Crippen LogP contribution in [0.3, 0.4) is 0 Å². The Bertz CT molecular complexity index is 397. The minimum atomic E-state index is -4.41. The molecule has 0 atom stereocenters. The van der Waals surface area contributed by atoms with Crippen molar-refractivity contribution < 1.29 is 23.4 Å². The fraction of sp³-hybridized carbons (Fsp3) is 0.583. The van der Waals surface area contributed by atoms with Crippen molar-refractivity contribution in [1.82, 2.24) is 4.98 Å². The summed E-state index contributed by atoms with van der Waals surface area (Å²) >= 11 is 0. The van der Waals surface area contributed by atoms with Gasteiger partial charge in [-0.1, -0.05) is 11.5 Å². The predicted octanol–water partition coefficient (Wildman–Crippen LogP) is 1.42. The lowest BCUT2D eigenvalue weighted by Crippen LogP contribution is -2.44. The van der Waals surface area contributed by atoms with E-state index in [1.54, 1.807) is 27.7 Å². The van der Waals surface area contributed by atoms with E-state index in [9.17, 15) is 13.2 Å². The van der Waals surface area contributed by atoms with Crippen LogP contribution >= 0.6 is 0 Å². The lowest BCUT2D eigenvalue weighted by atomic mass is 9.90. The molecule has 0 aromatic carbocycles. The Hall–Kier alpha value is -1.08. The van der Waals surface area contributed by atoms with Crippen molar-refractivity contribution in [3.05, 3.63) is 24.0 Å². The molecule has 7 heteroatoms. The van der Waals surface area contributed by atoms with Crippen LogP contribution in [-0.2, 0) is 6.18 Å². The second kappa shape index (κ2) is 5.92. The average molecular weight is 275 g/mol. The van der Waals surface area contributed by atoms with E-state index < -0.39 is 23.1 Å². The molecule has 0 spiro atoms. The molecule has 0 saturated heterocycles. The van der Waals surface area contributed by atoms with E-state index in [1.165, 1.54) is 6.07 Å². The number of halogens is 3. The van der Waals surface area contributed by atoms with Crippen LogP contribution in [0.15, 0.2) is 18.3 Å². The summed E-state index contributed by atoms with van der Waals surface area (Å²) in [5, 5.41) is 18.2. The van der Waals surface area contributed by atoms with Gasteiger partial charge in [-0.05, 0) is 33.8 Å². The van der Waals surface area contributed by atoms with Crippen LogP contribution < -0.4 is 5.46 Å². The Labute approximate surface area is 111 Å². The SMILES string of the molecule is CC(C)(O)C(C)(C)O.[B]c1ccnc(C(F)(F)F)c1. The monoisotopic (exact) mass is 275 g/mol. The van der Waals surface area contributed by atoms with Crippen LogP contribution in [0.1, 0.15) is 33.4 Å². The maximum Gasteiger partial charge on any atom is 0.433 e. The number of aliphatic hydroxyl groups is 2. The minimum absolute atomic E-state index is 0.0623. The molecule has 2 N–H and O–H groups in total. The van der Waals surface area contributed by atoms with Crippen molar-refractivity contribution in [1.29, 1.82) is 0 Å². The first kappa shape index (κ1) is 17.9. The molecular weight excluding hydrogens is 258 g/mol. The van der Waals surface area contributed by atoms with Gasteiger partial charge in [-0.3, -0.25) is 4.98 Å². The second-order valence-electron chi connectivity index (χ2n) is 5.09. The van der Waals surface area contributed by atoms with Gasteiger partial charge in [0.15, 0.2) is 0 Å². The van der Waals surface area contributed by atoms with Gasteiger partial charge in [0.1, 0.15) is 13.5 Å². The molecule has 0 aliphatic heterocycles. The quantitative estimate of drug-likeness (QED) is 0.762. The van der Waals surface area contributed by atoms with Crippen molar-refractivity contribution >= 4 is 13.3 Å². The molecule has 0 fully saturated rings. The molecular formula is C12H17BF3NO2. The molecule has 0 aliphatic rings. The first-order chi connectivity index (χ1) is 8.25. The summed E-state index contributed by atoms with van der Waals surface area (Å²) in [7, 11) is 5.12. The molecule has 0 saturated carbocycles. The van der Waals surface area contributed by atoms with E-state index in [-0.39, 0.29) is 5.46 Å². The van der Waals surface area contributed by atoms with Crippen LogP contribution in [0, 0.1) is 0 Å². The molecule has 19 heavy (non-hydrogen) atoms. The van der Waals surface area contributed by atoms with Gasteiger partial charge >= 0.3 is 6.18 Å². The zero-order valence-electron chi connectivity index (χ0n) is 11.3. The van der Waals surface area contributed by atoms with E-state index >= 15 is 0 Å². The van der Waals surface area contributed by atoms with Crippen molar-refractivity contribution in [2.45, 2.75) is 45.1 Å². The molecule has 1 heterocycles. The largest absolute Gasteiger partial charge is 0.433 e. The Morgan fingerprint density at radius 3 is 1.68 bits per heavy atom. The van der Waals surface area contributed by atoms with E-state index in [4.69, 9.17) is 18.1 Å². The van der Waals surface area contributed by atoms with E-state index in [0.717, 1.165) is 12.3 Å². The average Bonchev–Trinajstić information content (AvgIpc) is 2.13. The topological polar surface area (TPSA) is 53.4 Å². The summed E-state index contributed by atoms with van der Waals surface area (Å²) in [5.74, 6) is 0. The van der Waals surface area contributed by atoms with Crippen molar-refractivity contribution in [3.8, 4) is 0 Å². The lowest BCUT2D eigenvalue weighted by molar-refractivity contribution is -0.141. The van der Waals surface area contributed by atoms with Crippen LogP contribution in [0.25, 0.3) is 0 Å². The summed E-state index contributed by atoms with van der Waals surface area (Å²) < 4.78 is 35.5. The Kier molecular flexibility index (Phi) is 5.59. The molecule has 0 unspecified atom stereocenters. The van der Waals surface area contributed by atoms with Gasteiger partial charge in [-0.25, -0.2) is 0 Å². The first-order valence-electron chi connectivity index (χ1n) is 5.48. The number of pyridine rings is 1. The van der Waals surface area contributed by atoms with Gasteiger partial charge in [-0.2, -0.15) is 13.2 Å². The van der Waals surface area contributed by atoms with E-state index in [0.29, 0.717) is 0 Å². The highest BCUT2D eigenvalue weighted by molar-refractivity contribution is 6.32. The van der Waals surface area contributed by atoms with E-state index in [2.05, 4.69) is 4.98 Å². The Balaban J connectivity index is 0.000000362. The van der Waals surface area contributed by atoms with Crippen LogP contribution in [0.2, 0.25) is 0 Å². The van der Waals surface area contributed by atoms with Crippen LogP contribution in [0.5, 0.6) is 0 Å². The summed E-state index contributed by atoms with van der Waals surface area (Å²) in [6, 6.07) is 2.09. The fourth-order valence-electron chi connectivity index (χ4n) is 0.602. The number of hydrogen-bond donors (Lipinski definition) is 2. The summed E-state index contributed by atoms with van der Waals surface area (Å²) in [4.78, 5) is 3.11. The lowest BCUT2D eigenvalue weighted by Gasteiger charge is -2.31. The third kappa shape index (κ3) is 6.59. The zero-order chi connectivity index (χ0) is 15.5. The molecule has 3 nitrogen and oxygen atoms in total. The summed E-state index contributed by atoms with van der Waals surface area (Å²) in [6.45, 7) is 6.31. The first-order valence-corrected chi connectivity index (χ1v) is 5.48. The van der Waals surface area contributed by atoms with Gasteiger partial charge < -0.3 is 10.2 Å².